The number of aryl methyl sites for hydroxylation is 3. The van der Waals surface area contributed by atoms with Crippen LogP contribution in [0.15, 0.2) is 18.2 Å². The van der Waals surface area contributed by atoms with Gasteiger partial charge in [0.15, 0.2) is 0 Å². The lowest BCUT2D eigenvalue weighted by molar-refractivity contribution is -0.137. The molecule has 1 amide bonds. The first-order valence-electron chi connectivity index (χ1n) is 11.6. The first kappa shape index (κ1) is 24.0. The van der Waals surface area contributed by atoms with E-state index in [9.17, 15) is 9.59 Å². The molecule has 1 aromatic heterocycles. The van der Waals surface area contributed by atoms with Crippen molar-refractivity contribution in [1.29, 1.82) is 0 Å². The summed E-state index contributed by atoms with van der Waals surface area (Å²) in [5.41, 5.74) is 4.30. The fraction of sp³-hybridized carbons (Fsp3) is 0.600. The maximum atomic E-state index is 12.9. The molecule has 166 valence electrons. The number of carboxylic acid groups (broad SMARTS) is 1. The van der Waals surface area contributed by atoms with Crippen LogP contribution < -0.4 is 5.32 Å². The molecule has 5 nitrogen and oxygen atoms in total. The van der Waals surface area contributed by atoms with Gasteiger partial charge in [0.1, 0.15) is 5.69 Å². The van der Waals surface area contributed by atoms with Crippen LogP contribution in [0.3, 0.4) is 0 Å². The smallest absolute Gasteiger partial charge is 0.303 e. The Morgan fingerprint density at radius 2 is 1.60 bits per heavy atom. The number of fused-ring (bicyclic) bond motifs is 1. The summed E-state index contributed by atoms with van der Waals surface area (Å²) >= 11 is 0. The van der Waals surface area contributed by atoms with Gasteiger partial charge in [-0.05, 0) is 56.4 Å². The molecule has 0 bridgehead atoms. The summed E-state index contributed by atoms with van der Waals surface area (Å²) in [6, 6.07) is 6.51. The first-order valence-corrected chi connectivity index (χ1v) is 11.6. The Hall–Kier alpha value is -2.30. The van der Waals surface area contributed by atoms with Crippen LogP contribution in [0.2, 0.25) is 0 Å². The average Bonchev–Trinajstić information content (AvgIpc) is 3.02. The summed E-state index contributed by atoms with van der Waals surface area (Å²) in [5, 5.41) is 12.9. The van der Waals surface area contributed by atoms with Crippen LogP contribution in [-0.2, 0) is 17.8 Å². The predicted molar refractivity (Wildman–Crippen MR) is 123 cm³/mol. The van der Waals surface area contributed by atoms with Crippen molar-refractivity contribution in [2.24, 2.45) is 0 Å². The molecule has 0 aliphatic carbocycles. The summed E-state index contributed by atoms with van der Waals surface area (Å²) in [7, 11) is 0. The molecule has 0 aliphatic rings. The number of aliphatic carboxylic acids is 1. The average molecular weight is 415 g/mol. The van der Waals surface area contributed by atoms with Gasteiger partial charge < -0.3 is 15.0 Å². The number of aromatic nitrogens is 1. The topological polar surface area (TPSA) is 71.3 Å². The van der Waals surface area contributed by atoms with Crippen molar-refractivity contribution < 1.29 is 14.7 Å². The Morgan fingerprint density at radius 3 is 2.20 bits per heavy atom. The number of carbonyl (C=O) groups is 2. The third-order valence-electron chi connectivity index (χ3n) is 5.92. The Labute approximate surface area is 180 Å². The highest BCUT2D eigenvalue weighted by Gasteiger charge is 2.19. The minimum atomic E-state index is -0.697. The highest BCUT2D eigenvalue weighted by atomic mass is 16.4. The fourth-order valence-electron chi connectivity index (χ4n) is 4.16. The summed E-state index contributed by atoms with van der Waals surface area (Å²) in [5.74, 6) is -0.667. The Kier molecular flexibility index (Phi) is 9.92. The lowest BCUT2D eigenvalue weighted by atomic mass is 10.1. The van der Waals surface area contributed by atoms with Crippen LogP contribution >= 0.6 is 0 Å². The van der Waals surface area contributed by atoms with E-state index in [-0.39, 0.29) is 12.3 Å². The molecule has 2 N–H and O–H groups in total. The monoisotopic (exact) mass is 414 g/mol. The van der Waals surface area contributed by atoms with Crippen molar-refractivity contribution in [1.82, 2.24) is 9.88 Å². The number of unbranched alkanes of at least 4 members (excludes halogenated alkanes) is 7. The highest BCUT2D eigenvalue weighted by Crippen LogP contribution is 2.27. The van der Waals surface area contributed by atoms with Crippen LogP contribution in [-0.4, -0.2) is 28.1 Å². The SMILES string of the molecule is CCc1ccc2c(c1)c(C)c(C(=O)NCCCCCCCCCCC(=O)O)n2CC. The molecule has 0 unspecified atom stereocenters. The van der Waals surface area contributed by atoms with E-state index in [2.05, 4.69) is 48.9 Å². The second kappa shape index (κ2) is 12.4. The van der Waals surface area contributed by atoms with Crippen molar-refractivity contribution in [3.8, 4) is 0 Å². The van der Waals surface area contributed by atoms with E-state index in [1.807, 2.05) is 0 Å². The molecule has 0 spiro atoms. The number of benzene rings is 1. The molecule has 1 heterocycles. The van der Waals surface area contributed by atoms with Gasteiger partial charge in [-0.15, -0.1) is 0 Å². The normalized spacial score (nSPS) is 11.2. The maximum Gasteiger partial charge on any atom is 0.303 e. The van der Waals surface area contributed by atoms with Gasteiger partial charge in [0.2, 0.25) is 0 Å². The van der Waals surface area contributed by atoms with Gasteiger partial charge in [-0.1, -0.05) is 51.5 Å². The predicted octanol–water partition coefficient (Wildman–Crippen LogP) is 5.86. The molecule has 0 atom stereocenters. The zero-order chi connectivity index (χ0) is 21.9. The molecule has 2 aromatic rings. The maximum absolute atomic E-state index is 12.9. The van der Waals surface area contributed by atoms with Crippen LogP contribution in [0.25, 0.3) is 10.9 Å². The molecule has 5 heteroatoms. The van der Waals surface area contributed by atoms with E-state index >= 15 is 0 Å². The van der Waals surface area contributed by atoms with Crippen LogP contribution in [0.5, 0.6) is 0 Å². The minimum Gasteiger partial charge on any atom is -0.481 e. The molecule has 30 heavy (non-hydrogen) atoms. The van der Waals surface area contributed by atoms with Gasteiger partial charge in [-0.3, -0.25) is 9.59 Å². The van der Waals surface area contributed by atoms with Crippen molar-refractivity contribution in [3.05, 3.63) is 35.0 Å². The molecule has 0 aliphatic heterocycles. The number of nitrogens with one attached hydrogen (secondary N) is 1. The van der Waals surface area contributed by atoms with E-state index in [4.69, 9.17) is 5.11 Å². The third kappa shape index (κ3) is 6.61. The largest absolute Gasteiger partial charge is 0.481 e. The van der Waals surface area contributed by atoms with Gasteiger partial charge in [-0.25, -0.2) is 0 Å². The number of hydrogen-bond acceptors (Lipinski definition) is 2. The quantitative estimate of drug-likeness (QED) is 0.380. The number of rotatable bonds is 14. The zero-order valence-electron chi connectivity index (χ0n) is 18.9. The Balaban J connectivity index is 1.74. The van der Waals surface area contributed by atoms with Gasteiger partial charge in [0, 0.05) is 30.4 Å². The molecular weight excluding hydrogens is 376 g/mol. The zero-order valence-corrected chi connectivity index (χ0v) is 18.9. The Morgan fingerprint density at radius 1 is 0.967 bits per heavy atom. The van der Waals surface area contributed by atoms with Crippen LogP contribution in [0.4, 0.5) is 0 Å². The van der Waals surface area contributed by atoms with E-state index in [0.717, 1.165) is 61.8 Å². The van der Waals surface area contributed by atoms with Crippen molar-refractivity contribution in [3.63, 3.8) is 0 Å². The van der Waals surface area contributed by atoms with Crippen LogP contribution in [0, 0.1) is 6.92 Å². The molecule has 1 aromatic carbocycles. The molecule has 0 fully saturated rings. The molecule has 0 saturated heterocycles. The number of hydrogen-bond donors (Lipinski definition) is 2. The molecule has 0 radical (unpaired) electrons. The number of carbonyl (C=O) groups excluding carboxylic acids is 1. The number of amides is 1. The van der Waals surface area contributed by atoms with Gasteiger partial charge in [-0.2, -0.15) is 0 Å². The summed E-state index contributed by atoms with van der Waals surface area (Å²) < 4.78 is 2.13. The van der Waals surface area contributed by atoms with Gasteiger partial charge in [0.05, 0.1) is 0 Å². The van der Waals surface area contributed by atoms with E-state index in [1.165, 1.54) is 30.2 Å². The van der Waals surface area contributed by atoms with Crippen molar-refractivity contribution in [2.75, 3.05) is 6.54 Å². The van der Waals surface area contributed by atoms with Crippen molar-refractivity contribution >= 4 is 22.8 Å². The van der Waals surface area contributed by atoms with Crippen molar-refractivity contribution in [2.45, 2.75) is 91.5 Å². The number of carboxylic acids is 1. The number of nitrogens with zero attached hydrogens (tertiary/aromatic N) is 1. The third-order valence-corrected chi connectivity index (χ3v) is 5.92. The Bertz CT molecular complexity index is 839. The van der Waals surface area contributed by atoms with Gasteiger partial charge in [0.25, 0.3) is 5.91 Å². The molecule has 2 rings (SSSR count). The van der Waals surface area contributed by atoms with Gasteiger partial charge >= 0.3 is 5.97 Å². The standard InChI is InChI=1S/C25H38N2O3/c1-4-20-15-16-22-21(18-20)19(3)24(27(22)5-2)25(30)26-17-13-11-9-7-6-8-10-12-14-23(28)29/h15-16,18H,4-14,17H2,1-3H3,(H,26,30)(H,28,29). The second-order valence-electron chi connectivity index (χ2n) is 8.15. The lowest BCUT2D eigenvalue weighted by Gasteiger charge is -2.10. The summed E-state index contributed by atoms with van der Waals surface area (Å²) in [6.45, 7) is 7.79. The van der Waals surface area contributed by atoms with E-state index < -0.39 is 5.97 Å². The highest BCUT2D eigenvalue weighted by molar-refractivity contribution is 6.01. The summed E-state index contributed by atoms with van der Waals surface area (Å²) in [6.07, 6.45) is 9.83. The fourth-order valence-corrected chi connectivity index (χ4v) is 4.16. The second-order valence-corrected chi connectivity index (χ2v) is 8.15. The summed E-state index contributed by atoms with van der Waals surface area (Å²) in [4.78, 5) is 23.3. The van der Waals surface area contributed by atoms with Crippen LogP contribution in [0.1, 0.15) is 93.3 Å². The molecular formula is C25H38N2O3. The minimum absolute atomic E-state index is 0.0297. The first-order chi connectivity index (χ1) is 14.5. The van der Waals surface area contributed by atoms with E-state index in [1.54, 1.807) is 0 Å². The van der Waals surface area contributed by atoms with E-state index in [0.29, 0.717) is 6.54 Å². The molecule has 0 saturated carbocycles. The lowest BCUT2D eigenvalue weighted by Crippen LogP contribution is -2.27.